The third-order valence-electron chi connectivity index (χ3n) is 3.74. The number of thioether (sulfide) groups is 1. The standard InChI is InChI=1S/C16H23NO2S/c18-15-9-4-6-13(15)12-17-16(19)10-5-11-20-14-7-2-1-3-8-14/h1-3,7-8,13,15,18H,4-6,9-12H2,(H,17,19). The predicted molar refractivity (Wildman–Crippen MR) is 82.8 cm³/mol. The summed E-state index contributed by atoms with van der Waals surface area (Å²) in [5.41, 5.74) is 0. The van der Waals surface area contributed by atoms with E-state index in [0.717, 1.165) is 31.4 Å². The molecule has 0 spiro atoms. The van der Waals surface area contributed by atoms with Crippen molar-refractivity contribution in [2.45, 2.75) is 43.1 Å². The van der Waals surface area contributed by atoms with Gasteiger partial charge in [-0.05, 0) is 37.1 Å². The Labute approximate surface area is 125 Å². The molecular formula is C16H23NO2S. The van der Waals surface area contributed by atoms with E-state index in [0.29, 0.717) is 13.0 Å². The van der Waals surface area contributed by atoms with Crippen LogP contribution >= 0.6 is 11.8 Å². The number of carbonyl (C=O) groups is 1. The van der Waals surface area contributed by atoms with Gasteiger partial charge in [-0.3, -0.25) is 4.79 Å². The summed E-state index contributed by atoms with van der Waals surface area (Å²) in [6.45, 7) is 0.631. The lowest BCUT2D eigenvalue weighted by atomic mass is 10.1. The molecule has 0 saturated heterocycles. The minimum Gasteiger partial charge on any atom is -0.393 e. The second-order valence-corrected chi connectivity index (χ2v) is 6.50. The molecule has 1 aromatic carbocycles. The average molecular weight is 293 g/mol. The number of hydrogen-bond donors (Lipinski definition) is 2. The van der Waals surface area contributed by atoms with Crippen molar-refractivity contribution in [3.63, 3.8) is 0 Å². The molecule has 1 aliphatic rings. The summed E-state index contributed by atoms with van der Waals surface area (Å²) in [7, 11) is 0. The van der Waals surface area contributed by atoms with Gasteiger partial charge in [-0.1, -0.05) is 24.6 Å². The Bertz CT molecular complexity index is 410. The zero-order valence-electron chi connectivity index (χ0n) is 11.8. The van der Waals surface area contributed by atoms with Crippen LogP contribution in [0.15, 0.2) is 35.2 Å². The molecule has 2 atom stereocenters. The Balaban J connectivity index is 1.54. The lowest BCUT2D eigenvalue weighted by Crippen LogP contribution is -2.32. The summed E-state index contributed by atoms with van der Waals surface area (Å²) in [4.78, 5) is 13.0. The highest BCUT2D eigenvalue weighted by atomic mass is 32.2. The summed E-state index contributed by atoms with van der Waals surface area (Å²) < 4.78 is 0. The van der Waals surface area contributed by atoms with Crippen LogP contribution in [0.1, 0.15) is 32.1 Å². The molecular weight excluding hydrogens is 270 g/mol. The molecule has 2 unspecified atom stereocenters. The van der Waals surface area contributed by atoms with Crippen LogP contribution in [0.4, 0.5) is 0 Å². The maximum absolute atomic E-state index is 11.7. The predicted octanol–water partition coefficient (Wildman–Crippen LogP) is 2.84. The minimum absolute atomic E-state index is 0.109. The number of aliphatic hydroxyl groups excluding tert-OH is 1. The largest absolute Gasteiger partial charge is 0.393 e. The number of aliphatic hydroxyl groups is 1. The van der Waals surface area contributed by atoms with Crippen molar-refractivity contribution >= 4 is 17.7 Å². The smallest absolute Gasteiger partial charge is 0.220 e. The first-order chi connectivity index (χ1) is 9.75. The van der Waals surface area contributed by atoms with Gasteiger partial charge in [0.15, 0.2) is 0 Å². The van der Waals surface area contributed by atoms with Crippen molar-refractivity contribution in [2.75, 3.05) is 12.3 Å². The van der Waals surface area contributed by atoms with Gasteiger partial charge in [0.1, 0.15) is 0 Å². The third-order valence-corrected chi connectivity index (χ3v) is 4.84. The molecule has 0 bridgehead atoms. The Morgan fingerprint density at radius 3 is 2.80 bits per heavy atom. The lowest BCUT2D eigenvalue weighted by molar-refractivity contribution is -0.121. The molecule has 0 aliphatic heterocycles. The quantitative estimate of drug-likeness (QED) is 0.600. The number of nitrogens with one attached hydrogen (secondary N) is 1. The van der Waals surface area contributed by atoms with E-state index in [1.807, 2.05) is 18.2 Å². The van der Waals surface area contributed by atoms with E-state index in [1.54, 1.807) is 11.8 Å². The normalized spacial score (nSPS) is 21.9. The van der Waals surface area contributed by atoms with E-state index in [2.05, 4.69) is 17.4 Å². The van der Waals surface area contributed by atoms with Crippen LogP contribution in [-0.2, 0) is 4.79 Å². The highest BCUT2D eigenvalue weighted by molar-refractivity contribution is 7.99. The second-order valence-electron chi connectivity index (χ2n) is 5.33. The molecule has 0 radical (unpaired) electrons. The monoisotopic (exact) mass is 293 g/mol. The van der Waals surface area contributed by atoms with Crippen LogP contribution in [0.3, 0.4) is 0 Å². The number of hydrogen-bond acceptors (Lipinski definition) is 3. The summed E-state index contributed by atoms with van der Waals surface area (Å²) in [6.07, 6.45) is 4.24. The van der Waals surface area contributed by atoms with Crippen LogP contribution in [0, 0.1) is 5.92 Å². The van der Waals surface area contributed by atoms with Crippen molar-refractivity contribution in [1.29, 1.82) is 0 Å². The first kappa shape index (κ1) is 15.4. The van der Waals surface area contributed by atoms with Crippen LogP contribution in [0.5, 0.6) is 0 Å². The molecule has 3 nitrogen and oxygen atoms in total. The third kappa shape index (κ3) is 5.17. The molecule has 1 saturated carbocycles. The molecule has 1 amide bonds. The van der Waals surface area contributed by atoms with Gasteiger partial charge in [0.05, 0.1) is 6.10 Å². The van der Waals surface area contributed by atoms with Crippen molar-refractivity contribution in [1.82, 2.24) is 5.32 Å². The fourth-order valence-corrected chi connectivity index (χ4v) is 3.40. The SMILES string of the molecule is O=C(CCCSc1ccccc1)NCC1CCCC1O. The average Bonchev–Trinajstić information content (AvgIpc) is 2.88. The molecule has 4 heteroatoms. The van der Waals surface area contributed by atoms with Crippen molar-refractivity contribution in [2.24, 2.45) is 5.92 Å². The molecule has 110 valence electrons. The number of benzene rings is 1. The minimum atomic E-state index is -0.219. The van der Waals surface area contributed by atoms with Gasteiger partial charge >= 0.3 is 0 Å². The maximum Gasteiger partial charge on any atom is 0.220 e. The zero-order valence-corrected chi connectivity index (χ0v) is 12.6. The van der Waals surface area contributed by atoms with Crippen molar-refractivity contribution in [3.05, 3.63) is 30.3 Å². The molecule has 0 aromatic heterocycles. The Hall–Kier alpha value is -1.00. The van der Waals surface area contributed by atoms with E-state index < -0.39 is 0 Å². The van der Waals surface area contributed by atoms with Gasteiger partial charge < -0.3 is 10.4 Å². The van der Waals surface area contributed by atoms with Crippen LogP contribution < -0.4 is 5.32 Å². The van der Waals surface area contributed by atoms with Crippen LogP contribution in [-0.4, -0.2) is 29.4 Å². The van der Waals surface area contributed by atoms with Gasteiger partial charge in [0.2, 0.25) is 5.91 Å². The molecule has 1 aliphatic carbocycles. The number of carbonyl (C=O) groups excluding carboxylic acids is 1. The Morgan fingerprint density at radius 1 is 1.30 bits per heavy atom. The summed E-state index contributed by atoms with van der Waals surface area (Å²) in [5.74, 6) is 1.33. The molecule has 20 heavy (non-hydrogen) atoms. The highest BCUT2D eigenvalue weighted by Crippen LogP contribution is 2.24. The number of amides is 1. The summed E-state index contributed by atoms with van der Waals surface area (Å²) in [5, 5.41) is 12.6. The second kappa shape index (κ2) is 8.32. The van der Waals surface area contributed by atoms with Gasteiger partial charge in [-0.15, -0.1) is 11.8 Å². The number of rotatable bonds is 7. The van der Waals surface area contributed by atoms with Crippen molar-refractivity contribution in [3.8, 4) is 0 Å². The van der Waals surface area contributed by atoms with E-state index in [-0.39, 0.29) is 17.9 Å². The zero-order chi connectivity index (χ0) is 14.2. The lowest BCUT2D eigenvalue weighted by Gasteiger charge is -2.14. The van der Waals surface area contributed by atoms with Gasteiger partial charge in [-0.2, -0.15) is 0 Å². The first-order valence-electron chi connectivity index (χ1n) is 7.38. The van der Waals surface area contributed by atoms with E-state index in [9.17, 15) is 9.90 Å². The first-order valence-corrected chi connectivity index (χ1v) is 8.37. The maximum atomic E-state index is 11.7. The van der Waals surface area contributed by atoms with Crippen LogP contribution in [0.2, 0.25) is 0 Å². The van der Waals surface area contributed by atoms with E-state index in [4.69, 9.17) is 0 Å². The van der Waals surface area contributed by atoms with E-state index >= 15 is 0 Å². The van der Waals surface area contributed by atoms with E-state index in [1.165, 1.54) is 4.90 Å². The summed E-state index contributed by atoms with van der Waals surface area (Å²) >= 11 is 1.79. The molecule has 2 rings (SSSR count). The fraction of sp³-hybridized carbons (Fsp3) is 0.562. The molecule has 0 heterocycles. The van der Waals surface area contributed by atoms with Crippen molar-refractivity contribution < 1.29 is 9.90 Å². The molecule has 1 aromatic rings. The topological polar surface area (TPSA) is 49.3 Å². The Kier molecular flexibility index (Phi) is 6.40. The Morgan fingerprint density at radius 2 is 2.10 bits per heavy atom. The van der Waals surface area contributed by atoms with Crippen LogP contribution in [0.25, 0.3) is 0 Å². The van der Waals surface area contributed by atoms with Gasteiger partial charge in [0, 0.05) is 23.8 Å². The highest BCUT2D eigenvalue weighted by Gasteiger charge is 2.25. The molecule has 1 fully saturated rings. The fourth-order valence-electron chi connectivity index (χ4n) is 2.53. The van der Waals surface area contributed by atoms with Gasteiger partial charge in [0.25, 0.3) is 0 Å². The summed E-state index contributed by atoms with van der Waals surface area (Å²) in [6, 6.07) is 10.2. The van der Waals surface area contributed by atoms with Gasteiger partial charge in [-0.25, -0.2) is 0 Å². The molecule has 2 N–H and O–H groups in total.